The lowest BCUT2D eigenvalue weighted by atomic mass is 9.93. The van der Waals surface area contributed by atoms with E-state index in [1.54, 1.807) is 0 Å². The molecule has 0 aromatic heterocycles. The summed E-state index contributed by atoms with van der Waals surface area (Å²) in [5, 5.41) is 9.61. The van der Waals surface area contributed by atoms with Crippen LogP contribution in [-0.4, -0.2) is 11.2 Å². The first-order valence-corrected chi connectivity index (χ1v) is 4.71. The molecule has 0 bridgehead atoms. The van der Waals surface area contributed by atoms with Crippen molar-refractivity contribution < 1.29 is 5.11 Å². The van der Waals surface area contributed by atoms with E-state index in [1.807, 2.05) is 0 Å². The van der Waals surface area contributed by atoms with Crippen LogP contribution in [-0.2, 0) is 0 Å². The molecule has 0 unspecified atom stereocenters. The highest BCUT2D eigenvalue weighted by molar-refractivity contribution is 5.10. The van der Waals surface area contributed by atoms with Crippen LogP contribution in [0.4, 0.5) is 0 Å². The van der Waals surface area contributed by atoms with Gasteiger partial charge in [-0.3, -0.25) is 0 Å². The van der Waals surface area contributed by atoms with Crippen molar-refractivity contribution in [2.75, 3.05) is 0 Å². The molecular formula is C10H18O. The van der Waals surface area contributed by atoms with E-state index in [1.165, 1.54) is 24.8 Å². The molecule has 1 N–H and O–H groups in total. The molecule has 0 fully saturated rings. The predicted molar refractivity (Wildman–Crippen MR) is 47.5 cm³/mol. The van der Waals surface area contributed by atoms with Gasteiger partial charge in [0.1, 0.15) is 0 Å². The Morgan fingerprint density at radius 2 is 2.36 bits per heavy atom. The van der Waals surface area contributed by atoms with Crippen LogP contribution in [0.2, 0.25) is 0 Å². The van der Waals surface area contributed by atoms with Gasteiger partial charge in [0.15, 0.2) is 0 Å². The van der Waals surface area contributed by atoms with Gasteiger partial charge in [-0.1, -0.05) is 19.4 Å². The number of allylic oxidation sites excluding steroid dienone is 1. The lowest BCUT2D eigenvalue weighted by Crippen LogP contribution is -2.11. The minimum Gasteiger partial charge on any atom is -0.389 e. The third kappa shape index (κ3) is 2.66. The van der Waals surface area contributed by atoms with Gasteiger partial charge in [0.2, 0.25) is 0 Å². The van der Waals surface area contributed by atoms with Crippen molar-refractivity contribution in [3.63, 3.8) is 0 Å². The maximum absolute atomic E-state index is 9.61. The highest BCUT2D eigenvalue weighted by atomic mass is 16.3. The average Bonchev–Trinajstić information content (AvgIpc) is 2.07. The van der Waals surface area contributed by atoms with E-state index in [4.69, 9.17) is 0 Å². The summed E-state index contributed by atoms with van der Waals surface area (Å²) in [6.45, 7) is 2.12. The van der Waals surface area contributed by atoms with Crippen LogP contribution in [0.3, 0.4) is 0 Å². The Morgan fingerprint density at radius 1 is 1.55 bits per heavy atom. The van der Waals surface area contributed by atoms with Crippen molar-refractivity contribution in [2.24, 2.45) is 0 Å². The largest absolute Gasteiger partial charge is 0.389 e. The zero-order chi connectivity index (χ0) is 8.10. The Morgan fingerprint density at radius 3 is 2.91 bits per heavy atom. The summed E-state index contributed by atoms with van der Waals surface area (Å²) in [4.78, 5) is 0. The van der Waals surface area contributed by atoms with Crippen molar-refractivity contribution in [3.8, 4) is 0 Å². The van der Waals surface area contributed by atoms with Crippen LogP contribution >= 0.6 is 0 Å². The summed E-state index contributed by atoms with van der Waals surface area (Å²) < 4.78 is 0. The van der Waals surface area contributed by atoms with Gasteiger partial charge < -0.3 is 5.11 Å². The van der Waals surface area contributed by atoms with E-state index < -0.39 is 0 Å². The molecule has 64 valence electrons. The summed E-state index contributed by atoms with van der Waals surface area (Å²) in [6, 6.07) is 0. The minimum atomic E-state index is -0.139. The number of rotatable bonds is 3. The Hall–Kier alpha value is -0.300. The average molecular weight is 154 g/mol. The molecule has 1 aliphatic carbocycles. The SMILES string of the molecule is CCC[C@H](O)C1=CCCCC1. The standard InChI is InChI=1S/C10H18O/c1-2-6-10(11)9-7-4-3-5-8-9/h7,10-11H,2-6,8H2,1H3/t10-/m0/s1. The molecule has 1 aliphatic rings. The normalized spacial score (nSPS) is 21.1. The second kappa shape index (κ2) is 4.55. The summed E-state index contributed by atoms with van der Waals surface area (Å²) in [5.74, 6) is 0. The highest BCUT2D eigenvalue weighted by Gasteiger charge is 2.11. The summed E-state index contributed by atoms with van der Waals surface area (Å²) in [5.41, 5.74) is 1.29. The lowest BCUT2D eigenvalue weighted by molar-refractivity contribution is 0.192. The third-order valence-corrected chi connectivity index (χ3v) is 2.32. The van der Waals surface area contributed by atoms with Crippen LogP contribution in [0, 0.1) is 0 Å². The van der Waals surface area contributed by atoms with Crippen molar-refractivity contribution in [2.45, 2.75) is 51.6 Å². The molecule has 0 aromatic rings. The Bertz CT molecular complexity index is 138. The maximum Gasteiger partial charge on any atom is 0.0750 e. The molecule has 0 aliphatic heterocycles. The van der Waals surface area contributed by atoms with Crippen LogP contribution in [0.25, 0.3) is 0 Å². The topological polar surface area (TPSA) is 20.2 Å². The van der Waals surface area contributed by atoms with E-state index in [0.29, 0.717) is 0 Å². The molecule has 1 nitrogen and oxygen atoms in total. The van der Waals surface area contributed by atoms with Gasteiger partial charge in [0.05, 0.1) is 6.10 Å². The molecule has 0 saturated carbocycles. The van der Waals surface area contributed by atoms with E-state index in [9.17, 15) is 5.11 Å². The number of aliphatic hydroxyl groups excluding tert-OH is 1. The number of hydrogen-bond donors (Lipinski definition) is 1. The number of aliphatic hydroxyl groups is 1. The van der Waals surface area contributed by atoms with Gasteiger partial charge >= 0.3 is 0 Å². The molecule has 11 heavy (non-hydrogen) atoms. The van der Waals surface area contributed by atoms with Crippen molar-refractivity contribution in [3.05, 3.63) is 11.6 Å². The Kier molecular flexibility index (Phi) is 3.64. The fraction of sp³-hybridized carbons (Fsp3) is 0.800. The van der Waals surface area contributed by atoms with Crippen molar-refractivity contribution >= 4 is 0 Å². The van der Waals surface area contributed by atoms with E-state index in [2.05, 4.69) is 13.0 Å². The van der Waals surface area contributed by atoms with Gasteiger partial charge in [-0.05, 0) is 37.7 Å². The monoisotopic (exact) mass is 154 g/mol. The molecule has 0 heterocycles. The van der Waals surface area contributed by atoms with Crippen LogP contribution in [0.5, 0.6) is 0 Å². The van der Waals surface area contributed by atoms with Crippen LogP contribution in [0.15, 0.2) is 11.6 Å². The fourth-order valence-electron chi connectivity index (χ4n) is 1.62. The molecule has 1 rings (SSSR count). The van der Waals surface area contributed by atoms with E-state index >= 15 is 0 Å². The molecular weight excluding hydrogens is 136 g/mol. The minimum absolute atomic E-state index is 0.139. The number of hydrogen-bond acceptors (Lipinski definition) is 1. The molecule has 0 amide bonds. The molecule has 1 heteroatoms. The van der Waals surface area contributed by atoms with E-state index in [-0.39, 0.29) is 6.10 Å². The lowest BCUT2D eigenvalue weighted by Gasteiger charge is -2.17. The second-order valence-corrected chi connectivity index (χ2v) is 3.33. The maximum atomic E-state index is 9.61. The summed E-state index contributed by atoms with van der Waals surface area (Å²) >= 11 is 0. The zero-order valence-corrected chi connectivity index (χ0v) is 7.34. The highest BCUT2D eigenvalue weighted by Crippen LogP contribution is 2.22. The van der Waals surface area contributed by atoms with Crippen LogP contribution in [0.1, 0.15) is 45.4 Å². The quantitative estimate of drug-likeness (QED) is 0.619. The van der Waals surface area contributed by atoms with Gasteiger partial charge in [-0.2, -0.15) is 0 Å². The smallest absolute Gasteiger partial charge is 0.0750 e. The summed E-state index contributed by atoms with van der Waals surface area (Å²) in [6.07, 6.45) is 8.99. The Balaban J connectivity index is 2.37. The summed E-state index contributed by atoms with van der Waals surface area (Å²) in [7, 11) is 0. The van der Waals surface area contributed by atoms with Crippen molar-refractivity contribution in [1.82, 2.24) is 0 Å². The Labute approximate surface area is 69.1 Å². The first kappa shape index (κ1) is 8.79. The predicted octanol–water partition coefficient (Wildman–Crippen LogP) is 2.65. The van der Waals surface area contributed by atoms with Crippen LogP contribution < -0.4 is 0 Å². The zero-order valence-electron chi connectivity index (χ0n) is 7.34. The second-order valence-electron chi connectivity index (χ2n) is 3.33. The first-order chi connectivity index (χ1) is 5.34. The fourth-order valence-corrected chi connectivity index (χ4v) is 1.62. The molecule has 0 aromatic carbocycles. The van der Waals surface area contributed by atoms with Crippen molar-refractivity contribution in [1.29, 1.82) is 0 Å². The molecule has 0 saturated heterocycles. The molecule has 1 atom stereocenters. The van der Waals surface area contributed by atoms with Gasteiger partial charge in [-0.25, -0.2) is 0 Å². The van der Waals surface area contributed by atoms with Gasteiger partial charge in [0, 0.05) is 0 Å². The molecule has 0 spiro atoms. The third-order valence-electron chi connectivity index (χ3n) is 2.32. The van der Waals surface area contributed by atoms with E-state index in [0.717, 1.165) is 19.3 Å². The molecule has 0 radical (unpaired) electrons. The van der Waals surface area contributed by atoms with Gasteiger partial charge in [-0.15, -0.1) is 0 Å². The first-order valence-electron chi connectivity index (χ1n) is 4.71. The van der Waals surface area contributed by atoms with Gasteiger partial charge in [0.25, 0.3) is 0 Å².